The van der Waals surface area contributed by atoms with E-state index in [1.807, 2.05) is 6.92 Å². The molecule has 0 spiro atoms. The van der Waals surface area contributed by atoms with E-state index in [2.05, 4.69) is 16.0 Å². The molecule has 164 valence electrons. The van der Waals surface area contributed by atoms with Crippen molar-refractivity contribution in [3.63, 3.8) is 0 Å². The minimum Gasteiger partial charge on any atom is -0.494 e. The van der Waals surface area contributed by atoms with E-state index in [-0.39, 0.29) is 24.1 Å². The van der Waals surface area contributed by atoms with Crippen molar-refractivity contribution in [2.75, 3.05) is 29.1 Å². The third-order valence-corrected chi connectivity index (χ3v) is 4.60. The number of rotatable bonds is 9. The average molecular weight is 431 g/mol. The number of hydrogen-bond donors (Lipinski definition) is 3. The molecular weight excluding hydrogens is 406 g/mol. The molecule has 3 aromatic rings. The molecule has 2 amide bonds. The molecule has 0 aromatic heterocycles. The third kappa shape index (κ3) is 6.43. The SMILES string of the molecule is CCOc1ccc(NC(=O)c2ccc(NC(=O)CNc3ccc(C(C)=O)cc3)cc2)cc1. The number of carbonyl (C=O) groups excluding carboxylic acids is 3. The van der Waals surface area contributed by atoms with Gasteiger partial charge >= 0.3 is 0 Å². The Morgan fingerprint density at radius 2 is 1.25 bits per heavy atom. The zero-order chi connectivity index (χ0) is 22.9. The van der Waals surface area contributed by atoms with Gasteiger partial charge in [0.15, 0.2) is 5.78 Å². The number of amides is 2. The van der Waals surface area contributed by atoms with Crippen LogP contribution in [0.2, 0.25) is 0 Å². The first kappa shape index (κ1) is 22.6. The Labute approximate surface area is 186 Å². The summed E-state index contributed by atoms with van der Waals surface area (Å²) in [4.78, 5) is 35.9. The first-order chi connectivity index (χ1) is 15.4. The molecule has 0 heterocycles. The zero-order valence-electron chi connectivity index (χ0n) is 18.0. The van der Waals surface area contributed by atoms with E-state index in [1.165, 1.54) is 6.92 Å². The van der Waals surface area contributed by atoms with Crippen LogP contribution in [0.25, 0.3) is 0 Å². The summed E-state index contributed by atoms with van der Waals surface area (Å²) < 4.78 is 5.39. The summed E-state index contributed by atoms with van der Waals surface area (Å²) >= 11 is 0. The quantitative estimate of drug-likeness (QED) is 0.431. The van der Waals surface area contributed by atoms with Crippen molar-refractivity contribution >= 4 is 34.7 Å². The minimum atomic E-state index is -0.247. The zero-order valence-corrected chi connectivity index (χ0v) is 18.0. The van der Waals surface area contributed by atoms with Gasteiger partial charge in [-0.25, -0.2) is 0 Å². The highest BCUT2D eigenvalue weighted by atomic mass is 16.5. The average Bonchev–Trinajstić information content (AvgIpc) is 2.80. The molecule has 0 aliphatic heterocycles. The van der Waals surface area contributed by atoms with Crippen molar-refractivity contribution in [2.24, 2.45) is 0 Å². The summed E-state index contributed by atoms with van der Waals surface area (Å²) in [6.45, 7) is 4.07. The van der Waals surface area contributed by atoms with Crippen LogP contribution in [0.4, 0.5) is 17.1 Å². The number of nitrogens with one attached hydrogen (secondary N) is 3. The maximum Gasteiger partial charge on any atom is 0.255 e. The Kier molecular flexibility index (Phi) is 7.59. The first-order valence-corrected chi connectivity index (χ1v) is 10.2. The standard InChI is InChI=1S/C25H25N3O4/c1-3-32-23-14-12-22(13-15-23)28-25(31)19-6-10-21(11-7-19)27-24(30)16-26-20-8-4-18(5-9-20)17(2)29/h4-15,26H,3,16H2,1-2H3,(H,27,30)(H,28,31). The molecule has 3 rings (SSSR count). The van der Waals surface area contributed by atoms with Crippen LogP contribution in [-0.2, 0) is 4.79 Å². The van der Waals surface area contributed by atoms with Gasteiger partial charge in [0, 0.05) is 28.2 Å². The van der Waals surface area contributed by atoms with Crippen LogP contribution in [0.3, 0.4) is 0 Å². The molecule has 0 radical (unpaired) electrons. The van der Waals surface area contributed by atoms with Crippen LogP contribution in [-0.4, -0.2) is 30.7 Å². The van der Waals surface area contributed by atoms with E-state index in [1.54, 1.807) is 72.8 Å². The van der Waals surface area contributed by atoms with Gasteiger partial charge in [0.25, 0.3) is 5.91 Å². The van der Waals surface area contributed by atoms with Crippen molar-refractivity contribution in [1.82, 2.24) is 0 Å². The number of ketones is 1. The Morgan fingerprint density at radius 3 is 1.84 bits per heavy atom. The van der Waals surface area contributed by atoms with Crippen LogP contribution in [0.5, 0.6) is 5.75 Å². The molecule has 7 nitrogen and oxygen atoms in total. The van der Waals surface area contributed by atoms with Crippen molar-refractivity contribution in [3.05, 3.63) is 83.9 Å². The number of hydrogen-bond acceptors (Lipinski definition) is 5. The van der Waals surface area contributed by atoms with Gasteiger partial charge < -0.3 is 20.7 Å². The summed E-state index contributed by atoms with van der Waals surface area (Å²) in [7, 11) is 0. The predicted octanol–water partition coefficient (Wildman–Crippen LogP) is 4.59. The highest BCUT2D eigenvalue weighted by Gasteiger charge is 2.08. The number of anilines is 3. The molecule has 0 aliphatic carbocycles. The molecule has 3 aromatic carbocycles. The van der Waals surface area contributed by atoms with Gasteiger partial charge in [-0.3, -0.25) is 14.4 Å². The molecule has 0 saturated heterocycles. The molecule has 0 fully saturated rings. The van der Waals surface area contributed by atoms with E-state index >= 15 is 0 Å². The van der Waals surface area contributed by atoms with Crippen molar-refractivity contribution < 1.29 is 19.1 Å². The molecule has 0 bridgehead atoms. The summed E-state index contributed by atoms with van der Waals surface area (Å²) in [6.07, 6.45) is 0. The molecule has 3 N–H and O–H groups in total. The normalized spacial score (nSPS) is 10.2. The van der Waals surface area contributed by atoms with Gasteiger partial charge in [-0.2, -0.15) is 0 Å². The van der Waals surface area contributed by atoms with E-state index in [4.69, 9.17) is 4.74 Å². The maximum absolute atomic E-state index is 12.4. The molecular formula is C25H25N3O4. The van der Waals surface area contributed by atoms with Crippen LogP contribution in [0.1, 0.15) is 34.6 Å². The Bertz CT molecular complexity index is 1080. The van der Waals surface area contributed by atoms with Gasteiger partial charge in [0.05, 0.1) is 13.2 Å². The number of ether oxygens (including phenoxy) is 1. The van der Waals surface area contributed by atoms with Crippen LogP contribution >= 0.6 is 0 Å². The highest BCUT2D eigenvalue weighted by Crippen LogP contribution is 2.17. The molecule has 0 unspecified atom stereocenters. The fraction of sp³-hybridized carbons (Fsp3) is 0.160. The van der Waals surface area contributed by atoms with Gasteiger partial charge in [-0.1, -0.05) is 0 Å². The molecule has 0 saturated carbocycles. The van der Waals surface area contributed by atoms with Crippen molar-refractivity contribution in [1.29, 1.82) is 0 Å². The monoisotopic (exact) mass is 431 g/mol. The number of carbonyl (C=O) groups is 3. The smallest absolute Gasteiger partial charge is 0.255 e. The second-order valence-electron chi connectivity index (χ2n) is 7.02. The van der Waals surface area contributed by atoms with Crippen LogP contribution < -0.4 is 20.7 Å². The molecule has 7 heteroatoms. The second kappa shape index (κ2) is 10.8. The predicted molar refractivity (Wildman–Crippen MR) is 126 cm³/mol. The third-order valence-electron chi connectivity index (χ3n) is 4.60. The lowest BCUT2D eigenvalue weighted by Crippen LogP contribution is -2.21. The number of Topliss-reactive ketones (excluding diaryl/α,β-unsaturated/α-hetero) is 1. The van der Waals surface area contributed by atoms with E-state index in [9.17, 15) is 14.4 Å². The largest absolute Gasteiger partial charge is 0.494 e. The summed E-state index contributed by atoms with van der Waals surface area (Å²) in [5, 5.41) is 8.60. The summed E-state index contributed by atoms with van der Waals surface area (Å²) in [5.74, 6) is 0.258. The lowest BCUT2D eigenvalue weighted by molar-refractivity contribution is -0.114. The van der Waals surface area contributed by atoms with Crippen molar-refractivity contribution in [2.45, 2.75) is 13.8 Å². The van der Waals surface area contributed by atoms with E-state index in [0.717, 1.165) is 11.4 Å². The van der Waals surface area contributed by atoms with Crippen LogP contribution in [0.15, 0.2) is 72.8 Å². The van der Waals surface area contributed by atoms with Crippen molar-refractivity contribution in [3.8, 4) is 5.75 Å². The van der Waals surface area contributed by atoms with Gasteiger partial charge in [-0.05, 0) is 86.6 Å². The maximum atomic E-state index is 12.4. The van der Waals surface area contributed by atoms with Gasteiger partial charge in [-0.15, -0.1) is 0 Å². The molecule has 32 heavy (non-hydrogen) atoms. The Hall–Kier alpha value is -4.13. The van der Waals surface area contributed by atoms with Crippen LogP contribution in [0, 0.1) is 0 Å². The fourth-order valence-corrected chi connectivity index (χ4v) is 2.92. The van der Waals surface area contributed by atoms with E-state index in [0.29, 0.717) is 29.1 Å². The summed E-state index contributed by atoms with van der Waals surface area (Å²) in [6, 6.07) is 20.7. The van der Waals surface area contributed by atoms with Gasteiger partial charge in [0.2, 0.25) is 5.91 Å². The molecule has 0 atom stereocenters. The fourth-order valence-electron chi connectivity index (χ4n) is 2.92. The summed E-state index contributed by atoms with van der Waals surface area (Å²) in [5.41, 5.74) is 3.08. The number of benzene rings is 3. The lowest BCUT2D eigenvalue weighted by atomic mass is 10.1. The Balaban J connectivity index is 1.49. The minimum absolute atomic E-state index is 0.00842. The van der Waals surface area contributed by atoms with E-state index < -0.39 is 0 Å². The Morgan fingerprint density at radius 1 is 0.719 bits per heavy atom. The first-order valence-electron chi connectivity index (χ1n) is 10.2. The highest BCUT2D eigenvalue weighted by molar-refractivity contribution is 6.04. The second-order valence-corrected chi connectivity index (χ2v) is 7.02. The topological polar surface area (TPSA) is 96.5 Å². The lowest BCUT2D eigenvalue weighted by Gasteiger charge is -2.10. The van der Waals surface area contributed by atoms with Gasteiger partial charge in [0.1, 0.15) is 5.75 Å². The molecule has 0 aliphatic rings.